The number of rotatable bonds is 15. The van der Waals surface area contributed by atoms with Crippen LogP contribution in [0.15, 0.2) is 36.8 Å². The number of phenols is 1. The fraction of sp³-hybridized carbons (Fsp3) is 0.519. The minimum absolute atomic E-state index is 0.00648. The number of imidazole rings is 1. The number of aromatic amines is 1. The van der Waals surface area contributed by atoms with Crippen LogP contribution in [0, 0.1) is 11.8 Å². The number of nitrogens with two attached hydrogens (primary N) is 1. The zero-order valence-corrected chi connectivity index (χ0v) is 22.8. The first-order valence-electron chi connectivity index (χ1n) is 13.0. The molecule has 1 heterocycles. The van der Waals surface area contributed by atoms with E-state index in [9.17, 15) is 29.4 Å². The fourth-order valence-electron chi connectivity index (χ4n) is 4.03. The Labute approximate surface area is 228 Å². The van der Waals surface area contributed by atoms with Gasteiger partial charge in [-0.1, -0.05) is 39.8 Å². The van der Waals surface area contributed by atoms with E-state index < -0.39 is 47.9 Å². The van der Waals surface area contributed by atoms with Gasteiger partial charge in [-0.15, -0.1) is 0 Å². The number of carboxylic acids is 1. The summed E-state index contributed by atoms with van der Waals surface area (Å²) < 4.78 is 0. The fourth-order valence-corrected chi connectivity index (χ4v) is 4.03. The molecule has 4 atom stereocenters. The normalized spacial score (nSPS) is 14.3. The maximum absolute atomic E-state index is 13.5. The second-order valence-corrected chi connectivity index (χ2v) is 10.5. The van der Waals surface area contributed by atoms with Crippen molar-refractivity contribution in [2.75, 3.05) is 0 Å². The van der Waals surface area contributed by atoms with Crippen LogP contribution in [0.2, 0.25) is 0 Å². The number of H-pyrrole nitrogens is 1. The van der Waals surface area contributed by atoms with Gasteiger partial charge in [0.2, 0.25) is 17.7 Å². The Balaban J connectivity index is 2.28. The molecule has 12 nitrogen and oxygen atoms in total. The van der Waals surface area contributed by atoms with Gasteiger partial charge in [0.05, 0.1) is 12.4 Å². The van der Waals surface area contributed by atoms with Crippen molar-refractivity contribution >= 4 is 23.7 Å². The number of amides is 3. The molecule has 214 valence electrons. The van der Waals surface area contributed by atoms with Crippen LogP contribution in [0.3, 0.4) is 0 Å². The number of carbonyl (C=O) groups is 4. The Hall–Kier alpha value is -3.93. The standard InChI is InChI=1S/C27H40N6O6/c1-15(2)9-20(28)24(35)31-21(11-17-5-7-19(34)8-6-17)25(36)32-22(12-18-13-29-14-30-18)26(37)33-23(27(38)39)10-16(3)4/h5-8,13-16,20-23,34H,9-12,28H2,1-4H3,(H,29,30)(H,31,35)(H,32,36)(H,33,37)(H,38,39). The van der Waals surface area contributed by atoms with Gasteiger partial charge < -0.3 is 36.9 Å². The molecule has 0 saturated carbocycles. The monoisotopic (exact) mass is 544 g/mol. The summed E-state index contributed by atoms with van der Waals surface area (Å²) in [5, 5.41) is 27.1. The number of carbonyl (C=O) groups excluding carboxylic acids is 3. The average Bonchev–Trinajstić information content (AvgIpc) is 3.36. The summed E-state index contributed by atoms with van der Waals surface area (Å²) in [5.74, 6) is -2.81. The molecule has 2 aromatic rings. The summed E-state index contributed by atoms with van der Waals surface area (Å²) in [6, 6.07) is 1.94. The van der Waals surface area contributed by atoms with Crippen LogP contribution in [0.1, 0.15) is 51.8 Å². The van der Waals surface area contributed by atoms with Crippen molar-refractivity contribution in [2.45, 2.75) is 77.5 Å². The third kappa shape index (κ3) is 10.8. The minimum atomic E-state index is -1.18. The van der Waals surface area contributed by atoms with E-state index in [1.807, 2.05) is 27.7 Å². The predicted molar refractivity (Wildman–Crippen MR) is 144 cm³/mol. The lowest BCUT2D eigenvalue weighted by Gasteiger charge is -2.26. The molecule has 1 aromatic carbocycles. The Morgan fingerprint density at radius 1 is 0.846 bits per heavy atom. The smallest absolute Gasteiger partial charge is 0.326 e. The van der Waals surface area contributed by atoms with Gasteiger partial charge in [0.25, 0.3) is 0 Å². The molecule has 0 fully saturated rings. The number of aromatic hydroxyl groups is 1. The van der Waals surface area contributed by atoms with Gasteiger partial charge in [-0.25, -0.2) is 9.78 Å². The second-order valence-electron chi connectivity index (χ2n) is 10.5. The number of hydrogen-bond donors (Lipinski definition) is 7. The van der Waals surface area contributed by atoms with E-state index in [1.54, 1.807) is 12.1 Å². The highest BCUT2D eigenvalue weighted by molar-refractivity contribution is 5.94. The molecule has 0 aliphatic rings. The summed E-state index contributed by atoms with van der Waals surface area (Å²) in [6.45, 7) is 7.53. The highest BCUT2D eigenvalue weighted by atomic mass is 16.4. The molecular formula is C27H40N6O6. The molecule has 2 rings (SSSR count). The number of phenolic OH excluding ortho intramolecular Hbond substituents is 1. The highest BCUT2D eigenvalue weighted by Crippen LogP contribution is 2.13. The van der Waals surface area contributed by atoms with Crippen LogP contribution in [-0.4, -0.2) is 68.0 Å². The van der Waals surface area contributed by atoms with Gasteiger partial charge in [0.1, 0.15) is 23.9 Å². The summed E-state index contributed by atoms with van der Waals surface area (Å²) in [7, 11) is 0. The van der Waals surface area contributed by atoms with Crippen molar-refractivity contribution in [3.8, 4) is 5.75 Å². The minimum Gasteiger partial charge on any atom is -0.508 e. The average molecular weight is 545 g/mol. The first kappa shape index (κ1) is 31.3. The lowest BCUT2D eigenvalue weighted by Crippen LogP contribution is -2.58. The molecule has 8 N–H and O–H groups in total. The number of nitrogens with one attached hydrogen (secondary N) is 4. The zero-order valence-electron chi connectivity index (χ0n) is 22.8. The van der Waals surface area contributed by atoms with Gasteiger partial charge in [-0.05, 0) is 42.4 Å². The van der Waals surface area contributed by atoms with Crippen molar-refractivity contribution in [3.63, 3.8) is 0 Å². The molecule has 0 radical (unpaired) electrons. The zero-order chi connectivity index (χ0) is 29.1. The largest absolute Gasteiger partial charge is 0.508 e. The van der Waals surface area contributed by atoms with Gasteiger partial charge >= 0.3 is 5.97 Å². The predicted octanol–water partition coefficient (Wildman–Crippen LogP) is 0.859. The quantitative estimate of drug-likeness (QED) is 0.171. The number of aliphatic carboxylic acids is 1. The Morgan fingerprint density at radius 2 is 1.38 bits per heavy atom. The first-order chi connectivity index (χ1) is 18.3. The molecule has 12 heteroatoms. The van der Waals surface area contributed by atoms with E-state index in [4.69, 9.17) is 5.73 Å². The molecule has 4 unspecified atom stereocenters. The third-order valence-electron chi connectivity index (χ3n) is 6.00. The number of nitrogens with zero attached hydrogens (tertiary/aromatic N) is 1. The lowest BCUT2D eigenvalue weighted by molar-refractivity contribution is -0.142. The molecule has 0 bridgehead atoms. The molecule has 0 saturated heterocycles. The highest BCUT2D eigenvalue weighted by Gasteiger charge is 2.31. The number of hydrogen-bond acceptors (Lipinski definition) is 7. The molecule has 39 heavy (non-hydrogen) atoms. The van der Waals surface area contributed by atoms with Crippen LogP contribution < -0.4 is 21.7 Å². The van der Waals surface area contributed by atoms with Gasteiger partial charge in [0, 0.05) is 24.7 Å². The van der Waals surface area contributed by atoms with Crippen LogP contribution >= 0.6 is 0 Å². The van der Waals surface area contributed by atoms with Crippen LogP contribution in [0.25, 0.3) is 0 Å². The van der Waals surface area contributed by atoms with Crippen molar-refractivity contribution in [1.29, 1.82) is 0 Å². The van der Waals surface area contributed by atoms with Gasteiger partial charge in [-0.3, -0.25) is 14.4 Å². The third-order valence-corrected chi connectivity index (χ3v) is 6.00. The Bertz CT molecular complexity index is 1090. The van der Waals surface area contributed by atoms with Crippen LogP contribution in [0.4, 0.5) is 0 Å². The molecular weight excluding hydrogens is 504 g/mol. The summed E-state index contributed by atoms with van der Waals surface area (Å²) in [6.07, 6.45) is 3.62. The maximum Gasteiger partial charge on any atom is 0.326 e. The Kier molecular flexibility index (Phi) is 11.9. The summed E-state index contributed by atoms with van der Waals surface area (Å²) >= 11 is 0. The van der Waals surface area contributed by atoms with Crippen molar-refractivity contribution in [3.05, 3.63) is 48.0 Å². The molecule has 0 aliphatic heterocycles. The van der Waals surface area contributed by atoms with E-state index in [1.165, 1.54) is 24.7 Å². The molecule has 0 spiro atoms. The lowest BCUT2D eigenvalue weighted by atomic mass is 10.0. The van der Waals surface area contributed by atoms with Crippen LogP contribution in [-0.2, 0) is 32.0 Å². The van der Waals surface area contributed by atoms with Crippen LogP contribution in [0.5, 0.6) is 5.75 Å². The maximum atomic E-state index is 13.5. The second kappa shape index (κ2) is 14.9. The van der Waals surface area contributed by atoms with E-state index in [-0.39, 0.29) is 36.8 Å². The Morgan fingerprint density at radius 3 is 1.90 bits per heavy atom. The number of aromatic nitrogens is 2. The summed E-state index contributed by atoms with van der Waals surface area (Å²) in [5.41, 5.74) is 7.24. The van der Waals surface area contributed by atoms with Gasteiger partial charge in [-0.2, -0.15) is 0 Å². The van der Waals surface area contributed by atoms with Crippen molar-refractivity contribution < 1.29 is 29.4 Å². The molecule has 0 aliphatic carbocycles. The number of benzene rings is 1. The van der Waals surface area contributed by atoms with E-state index in [0.29, 0.717) is 17.7 Å². The van der Waals surface area contributed by atoms with Gasteiger partial charge in [0.15, 0.2) is 0 Å². The number of carboxylic acid groups (broad SMARTS) is 1. The van der Waals surface area contributed by atoms with E-state index in [2.05, 4.69) is 25.9 Å². The first-order valence-corrected chi connectivity index (χ1v) is 13.0. The molecule has 3 amide bonds. The van der Waals surface area contributed by atoms with Crippen molar-refractivity contribution in [2.24, 2.45) is 17.6 Å². The van der Waals surface area contributed by atoms with Crippen molar-refractivity contribution in [1.82, 2.24) is 25.9 Å². The van der Waals surface area contributed by atoms with E-state index >= 15 is 0 Å². The topological polar surface area (TPSA) is 200 Å². The van der Waals surface area contributed by atoms with E-state index in [0.717, 1.165) is 0 Å². The molecule has 1 aromatic heterocycles. The summed E-state index contributed by atoms with van der Waals surface area (Å²) in [4.78, 5) is 58.1. The SMILES string of the molecule is CC(C)CC(N)C(=O)NC(Cc1ccc(O)cc1)C(=O)NC(Cc1cnc[nH]1)C(=O)NC(CC(C)C)C(=O)O.